The first-order valence-corrected chi connectivity index (χ1v) is 17.4. The zero-order valence-corrected chi connectivity index (χ0v) is 29.1. The molecule has 0 fully saturated rings. The van der Waals surface area contributed by atoms with Gasteiger partial charge < -0.3 is 10.6 Å². The van der Waals surface area contributed by atoms with Gasteiger partial charge in [-0.1, -0.05) is 127 Å². The number of benzene rings is 7. The van der Waals surface area contributed by atoms with Crippen LogP contribution in [0.15, 0.2) is 176 Å². The Morgan fingerprint density at radius 1 is 0.269 bits per heavy atom. The van der Waals surface area contributed by atoms with Crippen molar-refractivity contribution in [3.8, 4) is 78.7 Å². The molecule has 0 saturated carbocycles. The summed E-state index contributed by atoms with van der Waals surface area (Å²) < 4.78 is 0. The number of anilines is 2. The molecule has 2 N–H and O–H groups in total. The lowest BCUT2D eigenvalue weighted by Gasteiger charge is -2.13. The fourth-order valence-electron chi connectivity index (χ4n) is 6.50. The molecule has 1 aromatic heterocycles. The zero-order chi connectivity index (χ0) is 35.3. The van der Waals surface area contributed by atoms with Crippen molar-refractivity contribution >= 4 is 11.4 Å². The molecule has 8 aromatic rings. The third kappa shape index (κ3) is 6.93. The van der Waals surface area contributed by atoms with Gasteiger partial charge in [0.2, 0.25) is 0 Å². The van der Waals surface area contributed by atoms with Crippen molar-refractivity contribution in [2.24, 2.45) is 0 Å². The molecule has 0 unspecified atom stereocenters. The summed E-state index contributed by atoms with van der Waals surface area (Å²) in [7, 11) is 3.91. The highest BCUT2D eigenvalue weighted by molar-refractivity contribution is 5.82. The fraction of sp³-hybridized carbons (Fsp3) is 0.0426. The van der Waals surface area contributed by atoms with E-state index in [9.17, 15) is 0 Å². The Kier molecular flexibility index (Phi) is 9.06. The Labute approximate surface area is 304 Å². The van der Waals surface area contributed by atoms with Crippen LogP contribution in [-0.4, -0.2) is 29.0 Å². The quantitative estimate of drug-likeness (QED) is 0.160. The normalized spacial score (nSPS) is 10.9. The van der Waals surface area contributed by atoms with Gasteiger partial charge in [-0.15, -0.1) is 0 Å². The van der Waals surface area contributed by atoms with E-state index in [-0.39, 0.29) is 0 Å². The van der Waals surface area contributed by atoms with Gasteiger partial charge in [0.1, 0.15) is 0 Å². The predicted octanol–water partition coefficient (Wildman–Crippen LogP) is 11.6. The molecule has 8 rings (SSSR count). The van der Waals surface area contributed by atoms with E-state index in [1.807, 2.05) is 56.6 Å². The largest absolute Gasteiger partial charge is 0.388 e. The average Bonchev–Trinajstić information content (AvgIpc) is 3.24. The van der Waals surface area contributed by atoms with Crippen molar-refractivity contribution in [2.45, 2.75) is 0 Å². The van der Waals surface area contributed by atoms with Crippen LogP contribution in [-0.2, 0) is 0 Å². The third-order valence-corrected chi connectivity index (χ3v) is 9.23. The van der Waals surface area contributed by atoms with Crippen LogP contribution in [0.2, 0.25) is 0 Å². The summed E-state index contributed by atoms with van der Waals surface area (Å²) in [6.45, 7) is 0. The van der Waals surface area contributed by atoms with Gasteiger partial charge >= 0.3 is 0 Å². The van der Waals surface area contributed by atoms with Crippen molar-refractivity contribution < 1.29 is 0 Å². The Morgan fingerprint density at radius 3 is 0.942 bits per heavy atom. The zero-order valence-electron chi connectivity index (χ0n) is 29.1. The van der Waals surface area contributed by atoms with E-state index in [0.29, 0.717) is 17.5 Å². The summed E-state index contributed by atoms with van der Waals surface area (Å²) in [5.74, 6) is 1.86. The summed E-state index contributed by atoms with van der Waals surface area (Å²) in [5, 5.41) is 6.68. The molecule has 0 aliphatic carbocycles. The fourth-order valence-corrected chi connectivity index (χ4v) is 6.50. The minimum atomic E-state index is 0.618. The maximum absolute atomic E-state index is 5.12. The number of hydrogen-bond donors (Lipinski definition) is 2. The molecular formula is C47H37N5. The lowest BCUT2D eigenvalue weighted by Crippen LogP contribution is -2.00. The molecule has 0 amide bonds. The monoisotopic (exact) mass is 671 g/mol. The molecule has 0 atom stereocenters. The first kappa shape index (κ1) is 32.4. The number of nitrogens with zero attached hydrogens (tertiary/aromatic N) is 3. The van der Waals surface area contributed by atoms with Crippen molar-refractivity contribution in [3.63, 3.8) is 0 Å². The van der Waals surface area contributed by atoms with Crippen LogP contribution in [0.3, 0.4) is 0 Å². The van der Waals surface area contributed by atoms with Crippen LogP contribution in [0, 0.1) is 0 Å². The molecule has 0 radical (unpaired) electrons. The van der Waals surface area contributed by atoms with Gasteiger partial charge in [-0.25, -0.2) is 15.0 Å². The first-order valence-electron chi connectivity index (χ1n) is 17.4. The minimum absolute atomic E-state index is 0.618. The van der Waals surface area contributed by atoms with E-state index in [2.05, 4.69) is 144 Å². The molecule has 52 heavy (non-hydrogen) atoms. The lowest BCUT2D eigenvalue weighted by molar-refractivity contribution is 1.07. The van der Waals surface area contributed by atoms with E-state index >= 15 is 0 Å². The number of hydrogen-bond acceptors (Lipinski definition) is 5. The molecule has 0 saturated heterocycles. The van der Waals surface area contributed by atoms with Gasteiger partial charge in [0, 0.05) is 42.2 Å². The maximum Gasteiger partial charge on any atom is 0.164 e. The molecular weight excluding hydrogens is 635 g/mol. The van der Waals surface area contributed by atoms with Crippen LogP contribution < -0.4 is 10.6 Å². The Morgan fingerprint density at radius 2 is 0.558 bits per heavy atom. The second-order valence-electron chi connectivity index (χ2n) is 12.7. The Hall–Kier alpha value is -6.85. The standard InChI is InChI=1S/C47H37N5/c1-48-43-28-39(32-14-6-3-7-15-32)26-41(30-43)35-20-12-22-37(24-35)46-50-45(34-18-10-5-11-19-34)51-47(52-46)38-23-13-21-36(25-38)42-27-40(29-44(31-42)49-2)33-16-8-4-9-17-33/h3-31,48-49H,1-2H3. The van der Waals surface area contributed by atoms with Gasteiger partial charge in [-0.05, 0) is 93.0 Å². The van der Waals surface area contributed by atoms with Crippen LogP contribution in [0.4, 0.5) is 11.4 Å². The van der Waals surface area contributed by atoms with E-state index in [1.54, 1.807) is 0 Å². The highest BCUT2D eigenvalue weighted by Gasteiger charge is 2.15. The lowest BCUT2D eigenvalue weighted by atomic mass is 9.96. The molecule has 0 aliphatic rings. The molecule has 0 aliphatic heterocycles. The molecule has 250 valence electrons. The first-order chi connectivity index (χ1) is 25.6. The summed E-state index contributed by atoms with van der Waals surface area (Å²) in [6, 6.07) is 61.1. The van der Waals surface area contributed by atoms with Crippen LogP contribution in [0.1, 0.15) is 0 Å². The van der Waals surface area contributed by atoms with Gasteiger partial charge in [-0.3, -0.25) is 0 Å². The highest BCUT2D eigenvalue weighted by Crippen LogP contribution is 2.35. The smallest absolute Gasteiger partial charge is 0.164 e. The van der Waals surface area contributed by atoms with Crippen LogP contribution in [0.25, 0.3) is 78.7 Å². The molecule has 5 nitrogen and oxygen atoms in total. The predicted molar refractivity (Wildman–Crippen MR) is 217 cm³/mol. The molecule has 0 bridgehead atoms. The number of aromatic nitrogens is 3. The van der Waals surface area contributed by atoms with Crippen LogP contribution >= 0.6 is 0 Å². The van der Waals surface area contributed by atoms with Gasteiger partial charge in [0.25, 0.3) is 0 Å². The van der Waals surface area contributed by atoms with Crippen LogP contribution in [0.5, 0.6) is 0 Å². The number of rotatable bonds is 9. The van der Waals surface area contributed by atoms with Gasteiger partial charge in [-0.2, -0.15) is 0 Å². The Bertz CT molecular complexity index is 2330. The van der Waals surface area contributed by atoms with Crippen molar-refractivity contribution in [1.82, 2.24) is 15.0 Å². The van der Waals surface area contributed by atoms with Crippen molar-refractivity contribution in [1.29, 1.82) is 0 Å². The summed E-state index contributed by atoms with van der Waals surface area (Å²) in [4.78, 5) is 15.2. The second kappa shape index (κ2) is 14.6. The molecule has 1 heterocycles. The second-order valence-corrected chi connectivity index (χ2v) is 12.7. The van der Waals surface area contributed by atoms with Gasteiger partial charge in [0.05, 0.1) is 0 Å². The molecule has 5 heteroatoms. The van der Waals surface area contributed by atoms with Gasteiger partial charge in [0.15, 0.2) is 17.5 Å². The highest BCUT2D eigenvalue weighted by atomic mass is 15.0. The minimum Gasteiger partial charge on any atom is -0.388 e. The average molecular weight is 672 g/mol. The summed E-state index contributed by atoms with van der Waals surface area (Å²) in [6.07, 6.45) is 0. The van der Waals surface area contributed by atoms with E-state index < -0.39 is 0 Å². The topological polar surface area (TPSA) is 62.7 Å². The molecule has 0 spiro atoms. The SMILES string of the molecule is CNc1cc(-c2ccccc2)cc(-c2cccc(-c3nc(-c4ccccc4)nc(-c4cccc(-c5cc(NC)cc(-c6ccccc6)c5)c4)n3)c2)c1. The third-order valence-electron chi connectivity index (χ3n) is 9.23. The summed E-state index contributed by atoms with van der Waals surface area (Å²) in [5.41, 5.74) is 13.9. The Balaban J connectivity index is 1.23. The van der Waals surface area contributed by atoms with E-state index in [1.165, 1.54) is 11.1 Å². The van der Waals surface area contributed by atoms with Crippen molar-refractivity contribution in [3.05, 3.63) is 176 Å². The van der Waals surface area contributed by atoms with E-state index in [0.717, 1.165) is 61.4 Å². The number of nitrogens with one attached hydrogen (secondary N) is 2. The summed E-state index contributed by atoms with van der Waals surface area (Å²) >= 11 is 0. The van der Waals surface area contributed by atoms with E-state index in [4.69, 9.17) is 15.0 Å². The van der Waals surface area contributed by atoms with Crippen molar-refractivity contribution in [2.75, 3.05) is 24.7 Å². The molecule has 7 aromatic carbocycles. The maximum atomic E-state index is 5.12.